The molecule has 3 aromatic rings. The summed E-state index contributed by atoms with van der Waals surface area (Å²) in [7, 11) is -1.76. The largest absolute Gasteiger partial charge is 0.393 e. The quantitative estimate of drug-likeness (QED) is 0.425. The van der Waals surface area contributed by atoms with Gasteiger partial charge in [-0.2, -0.15) is 19.6 Å². The fourth-order valence-electron chi connectivity index (χ4n) is 4.89. The second kappa shape index (κ2) is 10.5. The van der Waals surface area contributed by atoms with Crippen molar-refractivity contribution >= 4 is 21.8 Å². The number of sulfonamides is 1. The highest BCUT2D eigenvalue weighted by Crippen LogP contribution is 2.27. The molecule has 0 unspecified atom stereocenters. The normalized spacial score (nSPS) is 21.0. The third-order valence-electron chi connectivity index (χ3n) is 6.97. The number of aliphatic hydroxyl groups is 1. The van der Waals surface area contributed by atoms with Crippen LogP contribution in [0.2, 0.25) is 0 Å². The number of aromatic nitrogens is 4. The molecule has 2 fully saturated rings. The van der Waals surface area contributed by atoms with Crippen LogP contribution in [0, 0.1) is 11.3 Å². The Morgan fingerprint density at radius 1 is 1.03 bits per heavy atom. The van der Waals surface area contributed by atoms with Crippen molar-refractivity contribution in [2.75, 3.05) is 23.7 Å². The average molecular weight is 523 g/mol. The number of aryl methyl sites for hydroxylation is 1. The number of aliphatic hydroxyl groups excluding tert-OH is 1. The molecule has 0 amide bonds. The third kappa shape index (κ3) is 5.58. The Balaban J connectivity index is 1.20. The number of nitrogens with zero attached hydrogens (tertiary/aromatic N) is 6. The highest BCUT2D eigenvalue weighted by atomic mass is 32.2. The van der Waals surface area contributed by atoms with Gasteiger partial charge in [0.25, 0.3) is 0 Å². The van der Waals surface area contributed by atoms with E-state index in [0.29, 0.717) is 49.7 Å². The van der Waals surface area contributed by atoms with Crippen molar-refractivity contribution in [1.82, 2.24) is 24.1 Å². The van der Waals surface area contributed by atoms with Gasteiger partial charge in [-0.25, -0.2) is 13.4 Å². The average Bonchev–Trinajstić information content (AvgIpc) is 3.52. The summed E-state index contributed by atoms with van der Waals surface area (Å²) in [6.07, 6.45) is 8.16. The maximum absolute atomic E-state index is 13.2. The van der Waals surface area contributed by atoms with Crippen LogP contribution in [0.1, 0.15) is 37.7 Å². The second-order valence-corrected chi connectivity index (χ2v) is 11.6. The summed E-state index contributed by atoms with van der Waals surface area (Å²) < 4.78 is 29.7. The first-order chi connectivity index (χ1) is 17.8. The number of hydrogen-bond acceptors (Lipinski definition) is 9. The fraction of sp³-hybridized carbons (Fsp3) is 0.440. The maximum Gasteiger partial charge on any atom is 0.243 e. The van der Waals surface area contributed by atoms with E-state index in [1.54, 1.807) is 35.1 Å². The Morgan fingerprint density at radius 2 is 1.78 bits per heavy atom. The molecule has 1 aliphatic carbocycles. The van der Waals surface area contributed by atoms with Gasteiger partial charge in [-0.3, -0.25) is 4.68 Å². The molecular weight excluding hydrogens is 492 g/mol. The molecule has 1 aliphatic heterocycles. The minimum atomic E-state index is -3.60. The lowest BCUT2D eigenvalue weighted by atomic mass is 10.1. The molecule has 3 heterocycles. The SMILES string of the molecule is Cn1cc(-c2ccc(S(=O)(=O)N3CCC(Nc4ncc(C#N)c(N[C@@H]5CC[C@H](O)C5)n4)CC3)cc2)cn1. The number of nitriles is 1. The fourth-order valence-corrected chi connectivity index (χ4v) is 6.36. The molecule has 194 valence electrons. The molecular formula is C25H30N8O3S. The number of benzene rings is 1. The Hall–Kier alpha value is -3.53. The smallest absolute Gasteiger partial charge is 0.243 e. The number of hydrogen-bond donors (Lipinski definition) is 3. The van der Waals surface area contributed by atoms with Gasteiger partial charge in [-0.15, -0.1) is 0 Å². The third-order valence-corrected chi connectivity index (χ3v) is 8.89. The van der Waals surface area contributed by atoms with Gasteiger partial charge in [0.1, 0.15) is 17.5 Å². The first kappa shape index (κ1) is 25.1. The Bertz CT molecular complexity index is 1390. The van der Waals surface area contributed by atoms with E-state index < -0.39 is 10.0 Å². The molecule has 1 aromatic carbocycles. The van der Waals surface area contributed by atoms with Gasteiger partial charge in [-0.05, 0) is 49.8 Å². The summed E-state index contributed by atoms with van der Waals surface area (Å²) in [4.78, 5) is 9.05. The number of piperidine rings is 1. The van der Waals surface area contributed by atoms with Crippen molar-refractivity contribution in [3.05, 3.63) is 48.4 Å². The molecule has 11 nitrogen and oxygen atoms in total. The predicted molar refractivity (Wildman–Crippen MR) is 138 cm³/mol. The number of rotatable bonds is 7. The van der Waals surface area contributed by atoms with Crippen molar-refractivity contribution in [3.63, 3.8) is 0 Å². The number of nitrogens with one attached hydrogen (secondary N) is 2. The summed E-state index contributed by atoms with van der Waals surface area (Å²) in [5.74, 6) is 0.848. The lowest BCUT2D eigenvalue weighted by Crippen LogP contribution is -2.42. The highest BCUT2D eigenvalue weighted by molar-refractivity contribution is 7.89. The van der Waals surface area contributed by atoms with Gasteiger partial charge in [0, 0.05) is 44.0 Å². The van der Waals surface area contributed by atoms with Crippen molar-refractivity contribution in [2.24, 2.45) is 7.05 Å². The van der Waals surface area contributed by atoms with Crippen LogP contribution in [0.15, 0.2) is 47.8 Å². The molecule has 2 atom stereocenters. The van der Waals surface area contributed by atoms with Crippen LogP contribution in [0.4, 0.5) is 11.8 Å². The van der Waals surface area contributed by atoms with Crippen LogP contribution >= 0.6 is 0 Å². The lowest BCUT2D eigenvalue weighted by Gasteiger charge is -2.31. The molecule has 0 spiro atoms. The van der Waals surface area contributed by atoms with E-state index in [9.17, 15) is 18.8 Å². The topological polar surface area (TPSA) is 149 Å². The van der Waals surface area contributed by atoms with E-state index in [1.165, 1.54) is 10.5 Å². The second-order valence-electron chi connectivity index (χ2n) is 9.63. The van der Waals surface area contributed by atoms with Crippen molar-refractivity contribution in [1.29, 1.82) is 5.26 Å². The van der Waals surface area contributed by atoms with Crippen molar-refractivity contribution in [2.45, 2.75) is 55.2 Å². The minimum Gasteiger partial charge on any atom is -0.393 e. The first-order valence-corrected chi connectivity index (χ1v) is 13.8. The van der Waals surface area contributed by atoms with Gasteiger partial charge in [0.2, 0.25) is 16.0 Å². The number of anilines is 2. The van der Waals surface area contributed by atoms with E-state index in [0.717, 1.165) is 24.0 Å². The van der Waals surface area contributed by atoms with Gasteiger partial charge in [-0.1, -0.05) is 12.1 Å². The van der Waals surface area contributed by atoms with Crippen LogP contribution < -0.4 is 10.6 Å². The van der Waals surface area contributed by atoms with Crippen molar-refractivity contribution < 1.29 is 13.5 Å². The summed E-state index contributed by atoms with van der Waals surface area (Å²) in [5, 5.41) is 29.9. The Labute approximate surface area is 216 Å². The standard InChI is InChI=1S/C25H30N8O3S/c1-32-16-19(15-28-32)17-2-6-23(7-3-17)37(35,36)33-10-8-20(9-11-33)30-25-27-14-18(13-26)24(31-25)29-21-4-5-22(34)12-21/h2-3,6-7,14-16,20-22,34H,4-5,8-12H2,1H3,(H2,27,29,30,31)/t21-,22+/m1/s1. The van der Waals surface area contributed by atoms with Crippen LogP contribution in [0.3, 0.4) is 0 Å². The van der Waals surface area contributed by atoms with Crippen LogP contribution in [-0.2, 0) is 17.1 Å². The Kier molecular flexibility index (Phi) is 7.10. The zero-order valence-corrected chi connectivity index (χ0v) is 21.4. The first-order valence-electron chi connectivity index (χ1n) is 12.4. The van der Waals surface area contributed by atoms with Gasteiger partial charge < -0.3 is 15.7 Å². The molecule has 0 radical (unpaired) electrons. The van der Waals surface area contributed by atoms with E-state index in [4.69, 9.17) is 0 Å². The Morgan fingerprint density at radius 3 is 2.41 bits per heavy atom. The molecule has 37 heavy (non-hydrogen) atoms. The van der Waals surface area contributed by atoms with Crippen LogP contribution in [0.5, 0.6) is 0 Å². The molecule has 5 rings (SSSR count). The molecule has 3 N–H and O–H groups in total. The predicted octanol–water partition coefficient (Wildman–Crippen LogP) is 2.34. The van der Waals surface area contributed by atoms with Crippen LogP contribution in [0.25, 0.3) is 11.1 Å². The molecule has 0 bridgehead atoms. The summed E-state index contributed by atoms with van der Waals surface area (Å²) >= 11 is 0. The zero-order valence-electron chi connectivity index (χ0n) is 20.6. The van der Waals surface area contributed by atoms with E-state index in [1.807, 2.05) is 13.2 Å². The van der Waals surface area contributed by atoms with Gasteiger partial charge in [0.05, 0.1) is 23.4 Å². The van der Waals surface area contributed by atoms with E-state index in [-0.39, 0.29) is 23.1 Å². The lowest BCUT2D eigenvalue weighted by molar-refractivity contribution is 0.182. The van der Waals surface area contributed by atoms with Gasteiger partial charge in [0.15, 0.2) is 0 Å². The monoisotopic (exact) mass is 522 g/mol. The summed E-state index contributed by atoms with van der Waals surface area (Å²) in [5.41, 5.74) is 2.19. The molecule has 1 saturated heterocycles. The van der Waals surface area contributed by atoms with E-state index >= 15 is 0 Å². The van der Waals surface area contributed by atoms with Crippen molar-refractivity contribution in [3.8, 4) is 17.2 Å². The molecule has 2 aliphatic rings. The molecule has 1 saturated carbocycles. The summed E-state index contributed by atoms with van der Waals surface area (Å²) in [6, 6.07) is 9.08. The summed E-state index contributed by atoms with van der Waals surface area (Å²) in [6.45, 7) is 0.761. The maximum atomic E-state index is 13.2. The van der Waals surface area contributed by atoms with Crippen LogP contribution in [-0.4, -0.2) is 68.9 Å². The zero-order chi connectivity index (χ0) is 26.0. The minimum absolute atomic E-state index is 0.00787. The molecule has 12 heteroatoms. The van der Waals surface area contributed by atoms with E-state index in [2.05, 4.69) is 31.8 Å². The van der Waals surface area contributed by atoms with Gasteiger partial charge >= 0.3 is 0 Å². The molecule has 2 aromatic heterocycles. The highest BCUT2D eigenvalue weighted by Gasteiger charge is 2.30.